The smallest absolute Gasteiger partial charge is 0.309 e. The number of rotatable bonds is 3. The van der Waals surface area contributed by atoms with Gasteiger partial charge in [-0.15, -0.1) is 0 Å². The lowest BCUT2D eigenvalue weighted by atomic mass is 9.74. The molecule has 0 aromatic carbocycles. The van der Waals surface area contributed by atoms with Gasteiger partial charge in [0.1, 0.15) is 0 Å². The van der Waals surface area contributed by atoms with E-state index in [1.54, 1.807) is 13.8 Å². The highest BCUT2D eigenvalue weighted by molar-refractivity contribution is 5.86. The lowest BCUT2D eigenvalue weighted by molar-refractivity contribution is -0.154. The van der Waals surface area contributed by atoms with Crippen molar-refractivity contribution in [3.63, 3.8) is 0 Å². The van der Waals surface area contributed by atoms with Crippen LogP contribution < -0.4 is 5.73 Å². The van der Waals surface area contributed by atoms with E-state index in [0.29, 0.717) is 13.1 Å². The Hall–Kier alpha value is -1.10. The van der Waals surface area contributed by atoms with E-state index in [1.165, 1.54) is 0 Å². The number of piperidine rings is 1. The maximum atomic E-state index is 12.8. The molecule has 0 aromatic heterocycles. The van der Waals surface area contributed by atoms with Crippen LogP contribution in [0.1, 0.15) is 58.8 Å². The third kappa shape index (κ3) is 3.23. The van der Waals surface area contributed by atoms with Crippen LogP contribution in [-0.4, -0.2) is 40.5 Å². The van der Waals surface area contributed by atoms with Crippen molar-refractivity contribution in [1.82, 2.24) is 4.90 Å². The molecule has 3 N–H and O–H groups in total. The second kappa shape index (κ2) is 5.95. The van der Waals surface area contributed by atoms with Crippen molar-refractivity contribution in [3.8, 4) is 0 Å². The molecule has 0 aromatic rings. The molecule has 0 radical (unpaired) electrons. The van der Waals surface area contributed by atoms with Gasteiger partial charge in [-0.2, -0.15) is 0 Å². The van der Waals surface area contributed by atoms with E-state index in [9.17, 15) is 14.7 Å². The van der Waals surface area contributed by atoms with Gasteiger partial charge in [0.25, 0.3) is 0 Å². The first kappa shape index (κ1) is 16.3. The van der Waals surface area contributed by atoms with Crippen LogP contribution in [0.4, 0.5) is 0 Å². The molecule has 120 valence electrons. The topological polar surface area (TPSA) is 83.6 Å². The fourth-order valence-corrected chi connectivity index (χ4v) is 3.64. The summed E-state index contributed by atoms with van der Waals surface area (Å²) in [7, 11) is 0. The van der Waals surface area contributed by atoms with Gasteiger partial charge in [-0.25, -0.2) is 0 Å². The zero-order valence-electron chi connectivity index (χ0n) is 13.2. The summed E-state index contributed by atoms with van der Waals surface area (Å²) in [6.45, 7) is 4.75. The molecule has 21 heavy (non-hydrogen) atoms. The number of carbonyl (C=O) groups excluding carboxylic acids is 1. The summed E-state index contributed by atoms with van der Waals surface area (Å²) in [6, 6.07) is 0. The number of hydrogen-bond donors (Lipinski definition) is 2. The van der Waals surface area contributed by atoms with Crippen LogP contribution in [0.3, 0.4) is 0 Å². The summed E-state index contributed by atoms with van der Waals surface area (Å²) < 4.78 is 0. The second-order valence-corrected chi connectivity index (χ2v) is 7.33. The Morgan fingerprint density at radius 3 is 2.38 bits per heavy atom. The molecule has 0 bridgehead atoms. The van der Waals surface area contributed by atoms with Gasteiger partial charge in [0.05, 0.1) is 11.0 Å². The van der Waals surface area contributed by atoms with Crippen LogP contribution >= 0.6 is 0 Å². The van der Waals surface area contributed by atoms with E-state index < -0.39 is 16.9 Å². The number of nitrogens with two attached hydrogens (primary N) is 1. The molecule has 1 unspecified atom stereocenters. The highest BCUT2D eigenvalue weighted by Crippen LogP contribution is 2.36. The Balaban J connectivity index is 2.07. The summed E-state index contributed by atoms with van der Waals surface area (Å²) in [5, 5.41) is 9.39. The first-order valence-corrected chi connectivity index (χ1v) is 8.09. The highest BCUT2D eigenvalue weighted by Gasteiger charge is 2.44. The van der Waals surface area contributed by atoms with Gasteiger partial charge in [-0.3, -0.25) is 9.59 Å². The summed E-state index contributed by atoms with van der Waals surface area (Å²) in [4.78, 5) is 26.0. The molecule has 1 aliphatic carbocycles. The zero-order chi connectivity index (χ0) is 15.7. The Morgan fingerprint density at radius 1 is 1.19 bits per heavy atom. The highest BCUT2D eigenvalue weighted by atomic mass is 16.4. The van der Waals surface area contributed by atoms with Gasteiger partial charge in [0.2, 0.25) is 5.91 Å². The van der Waals surface area contributed by atoms with E-state index >= 15 is 0 Å². The number of carbonyl (C=O) groups is 2. The first-order chi connectivity index (χ1) is 9.77. The Kier molecular flexibility index (Phi) is 4.61. The standard InChI is InChI=1S/C16H28N2O3/c1-15(2,14(20)21)12-7-6-10-18(11-12)13(19)16(17)8-4-3-5-9-16/h12H,3-11,17H2,1-2H3,(H,20,21). The van der Waals surface area contributed by atoms with Crippen molar-refractivity contribution >= 4 is 11.9 Å². The van der Waals surface area contributed by atoms with E-state index in [1.807, 2.05) is 4.90 Å². The molecule has 1 amide bonds. The summed E-state index contributed by atoms with van der Waals surface area (Å²) in [6.07, 6.45) is 6.43. The predicted molar refractivity (Wildman–Crippen MR) is 80.7 cm³/mol. The predicted octanol–water partition coefficient (Wildman–Crippen LogP) is 2.00. The molecule has 0 spiro atoms. The van der Waals surface area contributed by atoms with Gasteiger partial charge in [0.15, 0.2) is 0 Å². The minimum Gasteiger partial charge on any atom is -0.481 e. The van der Waals surface area contributed by atoms with Crippen molar-refractivity contribution < 1.29 is 14.7 Å². The lowest BCUT2D eigenvalue weighted by Gasteiger charge is -2.43. The van der Waals surface area contributed by atoms with E-state index in [0.717, 1.165) is 44.9 Å². The number of nitrogens with zero attached hydrogens (tertiary/aromatic N) is 1. The van der Waals surface area contributed by atoms with E-state index in [2.05, 4.69) is 0 Å². The van der Waals surface area contributed by atoms with E-state index in [-0.39, 0.29) is 11.8 Å². The van der Waals surface area contributed by atoms with Gasteiger partial charge < -0.3 is 15.7 Å². The van der Waals surface area contributed by atoms with Gasteiger partial charge >= 0.3 is 5.97 Å². The first-order valence-electron chi connectivity index (χ1n) is 8.09. The van der Waals surface area contributed by atoms with E-state index in [4.69, 9.17) is 5.73 Å². The average Bonchev–Trinajstić information content (AvgIpc) is 2.47. The maximum Gasteiger partial charge on any atom is 0.309 e. The number of likely N-dealkylation sites (tertiary alicyclic amines) is 1. The summed E-state index contributed by atoms with van der Waals surface area (Å²) >= 11 is 0. The van der Waals surface area contributed by atoms with Crippen molar-refractivity contribution in [1.29, 1.82) is 0 Å². The van der Waals surface area contributed by atoms with Crippen LogP contribution in [0.25, 0.3) is 0 Å². The minimum atomic E-state index is -0.798. The molecule has 2 aliphatic rings. The number of carboxylic acids is 1. The molecular weight excluding hydrogens is 268 g/mol. The molecule has 2 rings (SSSR count). The SMILES string of the molecule is CC(C)(C(=O)O)C1CCCN(C(=O)C2(N)CCCCC2)C1. The van der Waals surface area contributed by atoms with Crippen LogP contribution in [0, 0.1) is 11.3 Å². The van der Waals surface area contributed by atoms with Crippen LogP contribution in [0.5, 0.6) is 0 Å². The number of amides is 1. The fraction of sp³-hybridized carbons (Fsp3) is 0.875. The Labute approximate surface area is 126 Å². The van der Waals surface area contributed by atoms with Crippen molar-refractivity contribution in [2.45, 2.75) is 64.3 Å². The quantitative estimate of drug-likeness (QED) is 0.834. The Morgan fingerprint density at radius 2 is 1.81 bits per heavy atom. The second-order valence-electron chi connectivity index (χ2n) is 7.33. The number of carboxylic acid groups (broad SMARTS) is 1. The van der Waals surface area contributed by atoms with Crippen molar-refractivity contribution in [3.05, 3.63) is 0 Å². The Bertz CT molecular complexity index is 414. The minimum absolute atomic E-state index is 0.000101. The monoisotopic (exact) mass is 296 g/mol. The molecule has 1 aliphatic heterocycles. The average molecular weight is 296 g/mol. The molecule has 2 fully saturated rings. The number of aliphatic carboxylic acids is 1. The molecule has 1 heterocycles. The molecular formula is C16H28N2O3. The normalized spacial score (nSPS) is 26.4. The maximum absolute atomic E-state index is 12.8. The summed E-state index contributed by atoms with van der Waals surface area (Å²) in [5.41, 5.74) is 4.83. The van der Waals surface area contributed by atoms with Gasteiger partial charge in [-0.05, 0) is 45.4 Å². The van der Waals surface area contributed by atoms with Crippen molar-refractivity contribution in [2.24, 2.45) is 17.1 Å². The molecule has 5 heteroatoms. The van der Waals surface area contributed by atoms with Crippen LogP contribution in [0.15, 0.2) is 0 Å². The van der Waals surface area contributed by atoms with Crippen LogP contribution in [0.2, 0.25) is 0 Å². The van der Waals surface area contributed by atoms with Crippen molar-refractivity contribution in [2.75, 3.05) is 13.1 Å². The van der Waals surface area contributed by atoms with Gasteiger partial charge in [0, 0.05) is 13.1 Å². The molecule has 1 saturated heterocycles. The third-order valence-corrected chi connectivity index (χ3v) is 5.45. The largest absolute Gasteiger partial charge is 0.481 e. The summed E-state index contributed by atoms with van der Waals surface area (Å²) in [5.74, 6) is -0.755. The molecule has 5 nitrogen and oxygen atoms in total. The molecule has 1 atom stereocenters. The van der Waals surface area contributed by atoms with Gasteiger partial charge in [-0.1, -0.05) is 19.3 Å². The zero-order valence-corrected chi connectivity index (χ0v) is 13.2. The third-order valence-electron chi connectivity index (χ3n) is 5.45. The number of hydrogen-bond acceptors (Lipinski definition) is 3. The lowest BCUT2D eigenvalue weighted by Crippen LogP contribution is -2.59. The molecule has 1 saturated carbocycles. The van der Waals surface area contributed by atoms with Crippen LogP contribution in [-0.2, 0) is 9.59 Å². The fourth-order valence-electron chi connectivity index (χ4n) is 3.64.